The van der Waals surface area contributed by atoms with Crippen LogP contribution in [0.25, 0.3) is 0 Å². The lowest BCUT2D eigenvalue weighted by atomic mass is 10.1. The van der Waals surface area contributed by atoms with Gasteiger partial charge in [-0.3, -0.25) is 4.79 Å². The van der Waals surface area contributed by atoms with Crippen LogP contribution in [0.3, 0.4) is 0 Å². The molecule has 0 bridgehead atoms. The van der Waals surface area contributed by atoms with E-state index in [4.69, 9.17) is 16.7 Å². The van der Waals surface area contributed by atoms with Crippen LogP contribution in [-0.2, 0) is 0 Å². The van der Waals surface area contributed by atoms with Crippen molar-refractivity contribution in [2.24, 2.45) is 0 Å². The molecule has 1 amide bonds. The molecule has 0 aliphatic carbocycles. The van der Waals surface area contributed by atoms with Gasteiger partial charge in [-0.15, -0.1) is 0 Å². The van der Waals surface area contributed by atoms with Crippen molar-refractivity contribution in [2.75, 3.05) is 0 Å². The van der Waals surface area contributed by atoms with E-state index in [1.54, 1.807) is 0 Å². The number of carbonyl (C=O) groups is 1. The van der Waals surface area contributed by atoms with E-state index in [1.165, 1.54) is 0 Å². The zero-order valence-corrected chi connectivity index (χ0v) is 10.1. The number of rotatable bonds is 2. The first kappa shape index (κ1) is 16.6. The molecule has 0 aliphatic heterocycles. The molecule has 0 aromatic heterocycles. The van der Waals surface area contributed by atoms with Crippen molar-refractivity contribution in [2.45, 2.75) is 18.1 Å². The van der Waals surface area contributed by atoms with Gasteiger partial charge in [0.1, 0.15) is 0 Å². The second-order valence-corrected chi connectivity index (χ2v) is 4.10. The van der Waals surface area contributed by atoms with Crippen LogP contribution < -0.4 is 5.32 Å². The molecule has 112 valence electrons. The summed E-state index contributed by atoms with van der Waals surface area (Å²) in [5.74, 6) is -1.75. The lowest BCUT2D eigenvalue weighted by Gasteiger charge is -2.32. The Kier molecular flexibility index (Phi) is 4.25. The van der Waals surface area contributed by atoms with Gasteiger partial charge in [0.05, 0.1) is 0 Å². The van der Waals surface area contributed by atoms with Crippen molar-refractivity contribution in [1.29, 1.82) is 0 Å². The molecule has 20 heavy (non-hydrogen) atoms. The maximum Gasteiger partial charge on any atom is 0.446 e. The number of hydrogen-bond acceptors (Lipinski definition) is 2. The second-order valence-electron chi connectivity index (χ2n) is 3.67. The molecule has 2 N–H and O–H groups in total. The van der Waals surface area contributed by atoms with E-state index in [9.17, 15) is 31.1 Å². The molecule has 1 aromatic rings. The highest BCUT2D eigenvalue weighted by atomic mass is 35.5. The first-order valence-electron chi connectivity index (χ1n) is 4.82. The van der Waals surface area contributed by atoms with Crippen molar-refractivity contribution >= 4 is 17.5 Å². The monoisotopic (exact) mass is 321 g/mol. The molecule has 0 unspecified atom stereocenters. The average molecular weight is 322 g/mol. The molecule has 1 aromatic carbocycles. The smallest absolute Gasteiger partial charge is 0.357 e. The zero-order chi connectivity index (χ0) is 15.8. The highest BCUT2D eigenvalue weighted by Gasteiger charge is 2.71. The Morgan fingerprint density at radius 3 is 1.75 bits per heavy atom. The zero-order valence-electron chi connectivity index (χ0n) is 9.31. The minimum absolute atomic E-state index is 0.128. The van der Waals surface area contributed by atoms with Gasteiger partial charge in [0.25, 0.3) is 5.91 Å². The molecule has 0 saturated carbocycles. The van der Waals surface area contributed by atoms with Gasteiger partial charge in [-0.05, 0) is 24.3 Å². The Hall–Kier alpha value is -1.48. The van der Waals surface area contributed by atoms with Crippen LogP contribution in [0.1, 0.15) is 10.4 Å². The molecule has 0 saturated heterocycles. The van der Waals surface area contributed by atoms with Crippen molar-refractivity contribution in [3.63, 3.8) is 0 Å². The van der Waals surface area contributed by atoms with Crippen molar-refractivity contribution in [3.05, 3.63) is 34.9 Å². The molecule has 0 atom stereocenters. The van der Waals surface area contributed by atoms with Gasteiger partial charge in [-0.25, -0.2) is 0 Å². The van der Waals surface area contributed by atoms with E-state index in [-0.39, 0.29) is 5.02 Å². The predicted molar refractivity (Wildman–Crippen MR) is 56.0 cm³/mol. The molecule has 0 radical (unpaired) electrons. The number of amides is 1. The molecule has 10 heteroatoms. The van der Waals surface area contributed by atoms with Gasteiger partial charge in [0.2, 0.25) is 0 Å². The third kappa shape index (κ3) is 3.15. The molecule has 0 heterocycles. The van der Waals surface area contributed by atoms with Crippen LogP contribution in [-0.4, -0.2) is 29.1 Å². The fraction of sp³-hybridized carbons (Fsp3) is 0.300. The molecular weight excluding hydrogens is 316 g/mol. The summed E-state index contributed by atoms with van der Waals surface area (Å²) in [6.45, 7) is 0. The van der Waals surface area contributed by atoms with E-state index >= 15 is 0 Å². The summed E-state index contributed by atoms with van der Waals surface area (Å²) in [5, 5.41) is 9.42. The quantitative estimate of drug-likeness (QED) is 0.650. The maximum atomic E-state index is 12.3. The van der Waals surface area contributed by atoms with Crippen LogP contribution in [0.4, 0.5) is 26.3 Å². The minimum atomic E-state index is -6.13. The highest BCUT2D eigenvalue weighted by molar-refractivity contribution is 6.30. The largest absolute Gasteiger partial charge is 0.446 e. The third-order valence-electron chi connectivity index (χ3n) is 2.22. The number of hydrogen-bond donors (Lipinski definition) is 2. The number of nitrogens with one attached hydrogen (secondary N) is 1. The van der Waals surface area contributed by atoms with E-state index in [1.807, 2.05) is 0 Å². The standard InChI is InChI=1S/C10H6ClF6NO2/c11-6-3-1-5(2-4-6)7(19)18-8(20,9(12,13)14)10(15,16)17/h1-4,20H,(H,18,19). The molecule has 0 aliphatic rings. The second kappa shape index (κ2) is 5.13. The van der Waals surface area contributed by atoms with E-state index in [2.05, 4.69) is 0 Å². The number of carbonyl (C=O) groups excluding carboxylic acids is 1. The van der Waals surface area contributed by atoms with Crippen molar-refractivity contribution in [3.8, 4) is 0 Å². The number of benzene rings is 1. The van der Waals surface area contributed by atoms with E-state index in [0.717, 1.165) is 24.3 Å². The number of aliphatic hydroxyl groups is 1. The Bertz CT molecular complexity index is 482. The van der Waals surface area contributed by atoms with Crippen LogP contribution in [0, 0.1) is 0 Å². The van der Waals surface area contributed by atoms with Gasteiger partial charge in [-0.2, -0.15) is 26.3 Å². The maximum absolute atomic E-state index is 12.3. The van der Waals surface area contributed by atoms with Crippen molar-refractivity contribution < 1.29 is 36.2 Å². The lowest BCUT2D eigenvalue weighted by Crippen LogP contribution is -2.67. The van der Waals surface area contributed by atoms with E-state index in [0.29, 0.717) is 5.32 Å². The van der Waals surface area contributed by atoms with Crippen molar-refractivity contribution in [1.82, 2.24) is 5.32 Å². The number of halogens is 7. The van der Waals surface area contributed by atoms with Crippen LogP contribution in [0.5, 0.6) is 0 Å². The Balaban J connectivity index is 3.09. The molecule has 0 fully saturated rings. The lowest BCUT2D eigenvalue weighted by molar-refractivity contribution is -0.375. The van der Waals surface area contributed by atoms with Crippen LogP contribution in [0.2, 0.25) is 5.02 Å². The van der Waals surface area contributed by atoms with Gasteiger partial charge >= 0.3 is 18.1 Å². The normalized spacial score (nSPS) is 13.2. The molecular formula is C10H6ClF6NO2. The van der Waals surface area contributed by atoms with Gasteiger partial charge in [0, 0.05) is 10.6 Å². The Morgan fingerprint density at radius 2 is 1.40 bits per heavy atom. The first-order chi connectivity index (χ1) is 8.88. The third-order valence-corrected chi connectivity index (χ3v) is 2.47. The van der Waals surface area contributed by atoms with Gasteiger partial charge in [-0.1, -0.05) is 11.6 Å². The summed E-state index contributed by atoms with van der Waals surface area (Å²) in [4.78, 5) is 11.4. The van der Waals surface area contributed by atoms with Gasteiger partial charge in [0.15, 0.2) is 0 Å². The fourth-order valence-corrected chi connectivity index (χ4v) is 1.27. The first-order valence-corrected chi connectivity index (χ1v) is 5.20. The predicted octanol–water partition coefficient (Wildman–Crippen LogP) is 2.88. The van der Waals surface area contributed by atoms with Gasteiger partial charge < -0.3 is 10.4 Å². The topological polar surface area (TPSA) is 49.3 Å². The number of alkyl halides is 6. The molecule has 0 spiro atoms. The molecule has 3 nitrogen and oxygen atoms in total. The van der Waals surface area contributed by atoms with Crippen LogP contribution >= 0.6 is 11.6 Å². The summed E-state index contributed by atoms with van der Waals surface area (Å²) < 4.78 is 74.0. The SMILES string of the molecule is O=C(NC(O)(C(F)(F)F)C(F)(F)F)c1ccc(Cl)cc1. The minimum Gasteiger partial charge on any atom is -0.357 e. The highest BCUT2D eigenvalue weighted by Crippen LogP contribution is 2.41. The molecule has 1 rings (SSSR count). The average Bonchev–Trinajstić information content (AvgIpc) is 2.26. The van der Waals surface area contributed by atoms with Crippen LogP contribution in [0.15, 0.2) is 24.3 Å². The summed E-state index contributed by atoms with van der Waals surface area (Å²) in [6.07, 6.45) is -12.3. The van der Waals surface area contributed by atoms with E-state index < -0.39 is 29.5 Å². The Labute approximate surface area is 113 Å². The Morgan fingerprint density at radius 1 is 1.00 bits per heavy atom. The summed E-state index contributed by atoms with van der Waals surface area (Å²) in [5.41, 5.74) is -5.86. The fourth-order valence-electron chi connectivity index (χ4n) is 1.14. The summed E-state index contributed by atoms with van der Waals surface area (Å²) in [7, 11) is 0. The summed E-state index contributed by atoms with van der Waals surface area (Å²) in [6, 6.07) is 4.00. The summed E-state index contributed by atoms with van der Waals surface area (Å²) >= 11 is 5.45.